The van der Waals surface area contributed by atoms with Gasteiger partial charge >= 0.3 is 0 Å². The summed E-state index contributed by atoms with van der Waals surface area (Å²) in [4.78, 5) is 6.17. The Morgan fingerprint density at radius 1 is 1.45 bits per heavy atom. The molecule has 1 heterocycles. The molecule has 2 aromatic rings. The monoisotopic (exact) mass is 295 g/mol. The Morgan fingerprint density at radius 2 is 2.25 bits per heavy atom. The van der Waals surface area contributed by atoms with Gasteiger partial charge in [0.05, 0.1) is 12.6 Å². The number of likely N-dealkylation sites (N-methyl/N-ethyl adjacent to an activating group) is 1. The maximum absolute atomic E-state index is 10.2. The molecule has 6 heteroatoms. The van der Waals surface area contributed by atoms with E-state index in [0.29, 0.717) is 29.8 Å². The van der Waals surface area contributed by atoms with E-state index in [4.69, 9.17) is 16.1 Å². The van der Waals surface area contributed by atoms with Gasteiger partial charge in [0.2, 0.25) is 5.89 Å². The molecule has 2 rings (SSSR count). The molecule has 1 N–H and O–H groups in total. The topological polar surface area (TPSA) is 62.4 Å². The van der Waals surface area contributed by atoms with Crippen molar-refractivity contribution < 1.29 is 9.63 Å². The average molecular weight is 296 g/mol. The Morgan fingerprint density at radius 3 is 2.90 bits per heavy atom. The number of aryl methyl sites for hydroxylation is 1. The summed E-state index contributed by atoms with van der Waals surface area (Å²) in [6.07, 6.45) is 0.144. The van der Waals surface area contributed by atoms with Crippen LogP contribution in [0.25, 0.3) is 0 Å². The first-order chi connectivity index (χ1) is 9.58. The number of aliphatic hydroxyl groups is 1. The lowest BCUT2D eigenvalue weighted by Crippen LogP contribution is -2.24. The van der Waals surface area contributed by atoms with Gasteiger partial charge in [-0.15, -0.1) is 0 Å². The lowest BCUT2D eigenvalue weighted by molar-refractivity contribution is 0.118. The maximum Gasteiger partial charge on any atom is 0.240 e. The van der Waals surface area contributed by atoms with Gasteiger partial charge in [0.25, 0.3) is 0 Å². The predicted molar refractivity (Wildman–Crippen MR) is 76.4 cm³/mol. The summed E-state index contributed by atoms with van der Waals surface area (Å²) in [5.41, 5.74) is 0.795. The van der Waals surface area contributed by atoms with Crippen molar-refractivity contribution in [1.82, 2.24) is 15.0 Å². The fourth-order valence-electron chi connectivity index (χ4n) is 1.91. The van der Waals surface area contributed by atoms with Crippen LogP contribution in [0, 0.1) is 0 Å². The molecule has 0 spiro atoms. The van der Waals surface area contributed by atoms with Gasteiger partial charge in [-0.05, 0) is 24.7 Å². The largest absolute Gasteiger partial charge is 0.387 e. The molecule has 20 heavy (non-hydrogen) atoms. The summed E-state index contributed by atoms with van der Waals surface area (Å²) in [7, 11) is 1.89. The van der Waals surface area contributed by atoms with Gasteiger partial charge < -0.3 is 9.63 Å². The summed E-state index contributed by atoms with van der Waals surface area (Å²) in [6.45, 7) is 2.94. The number of nitrogens with zero attached hydrogens (tertiary/aromatic N) is 3. The molecule has 1 aromatic heterocycles. The number of hydrogen-bond donors (Lipinski definition) is 1. The van der Waals surface area contributed by atoms with Crippen molar-refractivity contribution in [2.24, 2.45) is 0 Å². The smallest absolute Gasteiger partial charge is 0.240 e. The lowest BCUT2D eigenvalue weighted by atomic mass is 10.1. The summed E-state index contributed by atoms with van der Waals surface area (Å²) in [6, 6.07) is 7.23. The molecule has 0 aliphatic carbocycles. The van der Waals surface area contributed by atoms with Gasteiger partial charge in [-0.25, -0.2) is 0 Å². The molecular formula is C14H18ClN3O2. The lowest BCUT2D eigenvalue weighted by Gasteiger charge is -2.19. The molecule has 0 radical (unpaired) electrons. The second-order valence-corrected chi connectivity index (χ2v) is 5.16. The van der Waals surface area contributed by atoms with Crippen LogP contribution in [0.15, 0.2) is 28.8 Å². The van der Waals surface area contributed by atoms with Crippen LogP contribution in [0.1, 0.15) is 30.3 Å². The Hall–Kier alpha value is -1.43. The zero-order valence-corrected chi connectivity index (χ0v) is 12.3. The Balaban J connectivity index is 1.92. The molecule has 1 aromatic carbocycles. The first-order valence-electron chi connectivity index (χ1n) is 6.52. The standard InChI is InChI=1S/C14H18ClN3O2/c1-3-13-16-14(20-17-13)9-18(2)8-12(19)10-5-4-6-11(15)7-10/h4-7,12,19H,3,8-9H2,1-2H3. The number of aromatic nitrogens is 2. The zero-order chi connectivity index (χ0) is 14.5. The molecule has 5 nitrogen and oxygen atoms in total. The van der Waals surface area contributed by atoms with Gasteiger partial charge in [-0.2, -0.15) is 4.98 Å². The van der Waals surface area contributed by atoms with Crippen molar-refractivity contribution in [1.29, 1.82) is 0 Å². The number of halogens is 1. The highest BCUT2D eigenvalue weighted by atomic mass is 35.5. The molecule has 1 unspecified atom stereocenters. The first-order valence-corrected chi connectivity index (χ1v) is 6.89. The van der Waals surface area contributed by atoms with E-state index in [1.54, 1.807) is 12.1 Å². The molecular weight excluding hydrogens is 278 g/mol. The number of benzene rings is 1. The third kappa shape index (κ3) is 4.03. The average Bonchev–Trinajstić information content (AvgIpc) is 2.86. The van der Waals surface area contributed by atoms with E-state index >= 15 is 0 Å². The molecule has 0 saturated heterocycles. The van der Waals surface area contributed by atoms with Crippen molar-refractivity contribution in [3.05, 3.63) is 46.6 Å². The molecule has 0 fully saturated rings. The second-order valence-electron chi connectivity index (χ2n) is 4.73. The van der Waals surface area contributed by atoms with E-state index in [2.05, 4.69) is 10.1 Å². The maximum atomic E-state index is 10.2. The van der Waals surface area contributed by atoms with Crippen molar-refractivity contribution in [2.75, 3.05) is 13.6 Å². The van der Waals surface area contributed by atoms with E-state index in [1.807, 2.05) is 31.0 Å². The molecule has 0 bridgehead atoms. The van der Waals surface area contributed by atoms with Gasteiger partial charge in [-0.1, -0.05) is 35.8 Å². The van der Waals surface area contributed by atoms with Crippen molar-refractivity contribution in [3.8, 4) is 0 Å². The summed E-state index contributed by atoms with van der Waals surface area (Å²) >= 11 is 5.92. The fraction of sp³-hybridized carbons (Fsp3) is 0.429. The van der Waals surface area contributed by atoms with Crippen LogP contribution in [-0.2, 0) is 13.0 Å². The van der Waals surface area contributed by atoms with Gasteiger partial charge in [0.15, 0.2) is 5.82 Å². The van der Waals surface area contributed by atoms with Crippen LogP contribution < -0.4 is 0 Å². The van der Waals surface area contributed by atoms with Crippen LogP contribution >= 0.6 is 11.6 Å². The summed E-state index contributed by atoms with van der Waals surface area (Å²) < 4.78 is 5.13. The molecule has 0 aliphatic heterocycles. The Labute approximate surface area is 123 Å². The van der Waals surface area contributed by atoms with Crippen molar-refractivity contribution in [2.45, 2.75) is 26.0 Å². The van der Waals surface area contributed by atoms with E-state index < -0.39 is 6.10 Å². The van der Waals surface area contributed by atoms with Crippen LogP contribution in [0.4, 0.5) is 0 Å². The Kier molecular flexibility index (Phi) is 5.11. The van der Waals surface area contributed by atoms with Gasteiger partial charge in [-0.3, -0.25) is 4.90 Å². The summed E-state index contributed by atoms with van der Waals surface area (Å²) in [5, 5.41) is 14.6. The number of rotatable bonds is 6. The fourth-order valence-corrected chi connectivity index (χ4v) is 2.11. The van der Waals surface area contributed by atoms with E-state index in [1.165, 1.54) is 0 Å². The molecule has 108 valence electrons. The van der Waals surface area contributed by atoms with Crippen LogP contribution in [0.2, 0.25) is 5.02 Å². The number of aliphatic hydroxyl groups excluding tert-OH is 1. The molecule has 0 saturated carbocycles. The van der Waals surface area contributed by atoms with Gasteiger partial charge in [0, 0.05) is 18.0 Å². The van der Waals surface area contributed by atoms with Crippen LogP contribution in [0.5, 0.6) is 0 Å². The molecule has 0 aliphatic rings. The summed E-state index contributed by atoms with van der Waals surface area (Å²) in [5.74, 6) is 1.26. The number of hydrogen-bond acceptors (Lipinski definition) is 5. The highest BCUT2D eigenvalue weighted by Gasteiger charge is 2.14. The highest BCUT2D eigenvalue weighted by Crippen LogP contribution is 2.18. The normalized spacial score (nSPS) is 12.8. The van der Waals surface area contributed by atoms with E-state index in [9.17, 15) is 5.11 Å². The van der Waals surface area contributed by atoms with Crippen molar-refractivity contribution in [3.63, 3.8) is 0 Å². The minimum absolute atomic E-state index is 0.462. The second kappa shape index (κ2) is 6.83. The van der Waals surface area contributed by atoms with Crippen LogP contribution in [-0.4, -0.2) is 33.7 Å². The minimum atomic E-state index is -0.604. The van der Waals surface area contributed by atoms with Gasteiger partial charge in [0.1, 0.15) is 0 Å². The van der Waals surface area contributed by atoms with E-state index in [-0.39, 0.29) is 0 Å². The zero-order valence-electron chi connectivity index (χ0n) is 11.6. The van der Waals surface area contributed by atoms with Crippen LogP contribution in [0.3, 0.4) is 0 Å². The SMILES string of the molecule is CCc1noc(CN(C)CC(O)c2cccc(Cl)c2)n1. The van der Waals surface area contributed by atoms with E-state index in [0.717, 1.165) is 12.0 Å². The first kappa shape index (κ1) is 15.0. The third-order valence-corrected chi connectivity index (χ3v) is 3.18. The van der Waals surface area contributed by atoms with Crippen molar-refractivity contribution >= 4 is 11.6 Å². The molecule has 0 amide bonds. The minimum Gasteiger partial charge on any atom is -0.387 e. The third-order valence-electron chi connectivity index (χ3n) is 2.95. The molecule has 1 atom stereocenters. The predicted octanol–water partition coefficient (Wildman–Crippen LogP) is 2.45. The highest BCUT2D eigenvalue weighted by molar-refractivity contribution is 6.30. The Bertz CT molecular complexity index is 559. The quantitative estimate of drug-likeness (QED) is 0.887.